The summed E-state index contributed by atoms with van der Waals surface area (Å²) in [6.45, 7) is 5.44. The number of piperidine rings is 1. The summed E-state index contributed by atoms with van der Waals surface area (Å²) in [4.78, 5) is 15.1. The second kappa shape index (κ2) is 9.42. The largest absolute Gasteiger partial charge is 0.385 e. The van der Waals surface area contributed by atoms with Gasteiger partial charge in [0.25, 0.3) is 0 Å². The Hall–Kier alpha value is -2.29. The molecule has 0 spiro atoms. The van der Waals surface area contributed by atoms with E-state index in [2.05, 4.69) is 29.3 Å². The molecule has 1 aliphatic heterocycles. The molecule has 1 N–H and O–H groups in total. The minimum absolute atomic E-state index is 0.0905. The van der Waals surface area contributed by atoms with E-state index in [1.54, 1.807) is 0 Å². The Morgan fingerprint density at radius 2 is 1.50 bits per heavy atom. The molecule has 0 unspecified atom stereocenters. The quantitative estimate of drug-likeness (QED) is 0.503. The minimum atomic E-state index is 0.0905. The minimum Gasteiger partial charge on any atom is -0.385 e. The fraction of sp³-hybridized carbons (Fsp3) is 0.435. The Labute approximate surface area is 157 Å². The lowest BCUT2D eigenvalue weighted by Crippen LogP contribution is -2.29. The average molecular weight is 351 g/mol. The first kappa shape index (κ1) is 18.5. The van der Waals surface area contributed by atoms with Gasteiger partial charge in [0.2, 0.25) is 0 Å². The van der Waals surface area contributed by atoms with Crippen molar-refractivity contribution >= 4 is 17.2 Å². The fourth-order valence-electron chi connectivity index (χ4n) is 3.49. The second-order valence-corrected chi connectivity index (χ2v) is 7.13. The van der Waals surface area contributed by atoms with Gasteiger partial charge in [-0.1, -0.05) is 19.8 Å². The number of rotatable bonds is 8. The molecule has 0 amide bonds. The lowest BCUT2D eigenvalue weighted by molar-refractivity contribution is 0.103. The van der Waals surface area contributed by atoms with Crippen molar-refractivity contribution < 1.29 is 4.79 Å². The van der Waals surface area contributed by atoms with Crippen molar-refractivity contribution in [3.8, 4) is 0 Å². The van der Waals surface area contributed by atoms with Crippen LogP contribution in [0.2, 0.25) is 0 Å². The van der Waals surface area contributed by atoms with Crippen LogP contribution in [0.15, 0.2) is 48.5 Å². The number of nitrogens with one attached hydrogen (secondary N) is 1. The van der Waals surface area contributed by atoms with Gasteiger partial charge in [-0.25, -0.2) is 0 Å². The van der Waals surface area contributed by atoms with Crippen molar-refractivity contribution in [2.75, 3.05) is 29.9 Å². The molecule has 0 aliphatic carbocycles. The van der Waals surface area contributed by atoms with Gasteiger partial charge < -0.3 is 10.2 Å². The van der Waals surface area contributed by atoms with Crippen LogP contribution in [-0.2, 0) is 0 Å². The third-order valence-corrected chi connectivity index (χ3v) is 5.11. The number of anilines is 2. The highest BCUT2D eigenvalue weighted by Gasteiger charge is 2.13. The van der Waals surface area contributed by atoms with Gasteiger partial charge in [-0.05, 0) is 74.2 Å². The molecule has 1 saturated heterocycles. The molecule has 0 bridgehead atoms. The molecule has 0 atom stereocenters. The van der Waals surface area contributed by atoms with Crippen molar-refractivity contribution in [1.82, 2.24) is 0 Å². The first-order valence-corrected chi connectivity index (χ1v) is 10.0. The zero-order valence-corrected chi connectivity index (χ0v) is 15.8. The lowest BCUT2D eigenvalue weighted by atomic mass is 10.0. The van der Waals surface area contributed by atoms with E-state index in [0.717, 1.165) is 36.4 Å². The average Bonchev–Trinajstić information content (AvgIpc) is 2.72. The molecule has 0 radical (unpaired) electrons. The number of carbonyl (C=O) groups is 1. The predicted octanol–water partition coefficient (Wildman–Crippen LogP) is 5.51. The molecule has 2 aromatic rings. The topological polar surface area (TPSA) is 32.3 Å². The Morgan fingerprint density at radius 1 is 0.885 bits per heavy atom. The zero-order chi connectivity index (χ0) is 18.2. The molecule has 3 nitrogen and oxygen atoms in total. The highest BCUT2D eigenvalue weighted by molar-refractivity contribution is 6.09. The molecule has 1 fully saturated rings. The van der Waals surface area contributed by atoms with Gasteiger partial charge in [0.15, 0.2) is 5.78 Å². The van der Waals surface area contributed by atoms with Crippen LogP contribution in [0, 0.1) is 0 Å². The van der Waals surface area contributed by atoms with Gasteiger partial charge in [0.1, 0.15) is 0 Å². The summed E-state index contributed by atoms with van der Waals surface area (Å²) in [5, 5.41) is 3.41. The summed E-state index contributed by atoms with van der Waals surface area (Å²) in [5.74, 6) is 0.0905. The van der Waals surface area contributed by atoms with Gasteiger partial charge in [-0.15, -0.1) is 0 Å². The highest BCUT2D eigenvalue weighted by Crippen LogP contribution is 2.21. The van der Waals surface area contributed by atoms with Crippen LogP contribution in [0.25, 0.3) is 0 Å². The van der Waals surface area contributed by atoms with Gasteiger partial charge in [0.05, 0.1) is 0 Å². The molecular weight excluding hydrogens is 320 g/mol. The van der Waals surface area contributed by atoms with E-state index < -0.39 is 0 Å². The van der Waals surface area contributed by atoms with E-state index in [0.29, 0.717) is 0 Å². The number of carbonyl (C=O) groups excluding carboxylic acids is 1. The predicted molar refractivity (Wildman–Crippen MR) is 110 cm³/mol. The number of hydrogen-bond acceptors (Lipinski definition) is 3. The monoisotopic (exact) mass is 350 g/mol. The van der Waals surface area contributed by atoms with Crippen LogP contribution in [0.3, 0.4) is 0 Å². The number of unbranched alkanes of at least 4 members (excludes halogenated alkanes) is 2. The van der Waals surface area contributed by atoms with Crippen molar-refractivity contribution in [1.29, 1.82) is 0 Å². The molecule has 0 saturated carbocycles. The molecule has 2 aromatic carbocycles. The van der Waals surface area contributed by atoms with Gasteiger partial charge in [-0.2, -0.15) is 0 Å². The van der Waals surface area contributed by atoms with Crippen molar-refractivity contribution in [3.63, 3.8) is 0 Å². The molecular formula is C23H30N2O. The normalized spacial score (nSPS) is 14.3. The van der Waals surface area contributed by atoms with Crippen molar-refractivity contribution in [2.24, 2.45) is 0 Å². The maximum atomic E-state index is 12.7. The lowest BCUT2D eigenvalue weighted by Gasteiger charge is -2.28. The molecule has 138 valence electrons. The summed E-state index contributed by atoms with van der Waals surface area (Å²) in [5.41, 5.74) is 3.82. The van der Waals surface area contributed by atoms with Crippen LogP contribution >= 0.6 is 0 Å². The summed E-state index contributed by atoms with van der Waals surface area (Å²) >= 11 is 0. The first-order valence-electron chi connectivity index (χ1n) is 10.0. The molecule has 0 aromatic heterocycles. The van der Waals surface area contributed by atoms with Crippen molar-refractivity contribution in [3.05, 3.63) is 59.7 Å². The van der Waals surface area contributed by atoms with E-state index >= 15 is 0 Å². The van der Waals surface area contributed by atoms with Gasteiger partial charge in [0, 0.05) is 42.1 Å². The number of benzene rings is 2. The SMILES string of the molecule is CCCCCNc1ccc(C(=O)c2ccc(N3CCCCC3)cc2)cc1. The van der Waals surface area contributed by atoms with Crippen LogP contribution in [0.4, 0.5) is 11.4 Å². The van der Waals surface area contributed by atoms with Crippen LogP contribution in [-0.4, -0.2) is 25.4 Å². The Kier molecular flexibility index (Phi) is 6.70. The number of nitrogens with zero attached hydrogens (tertiary/aromatic N) is 1. The third-order valence-electron chi connectivity index (χ3n) is 5.11. The van der Waals surface area contributed by atoms with Crippen LogP contribution in [0.5, 0.6) is 0 Å². The maximum absolute atomic E-state index is 12.7. The molecule has 26 heavy (non-hydrogen) atoms. The second-order valence-electron chi connectivity index (χ2n) is 7.13. The molecule has 1 aliphatic rings. The molecule has 3 rings (SSSR count). The van der Waals surface area contributed by atoms with Gasteiger partial charge >= 0.3 is 0 Å². The number of hydrogen-bond donors (Lipinski definition) is 1. The van der Waals surface area contributed by atoms with Crippen LogP contribution in [0.1, 0.15) is 61.4 Å². The Balaban J connectivity index is 1.59. The van der Waals surface area contributed by atoms with Crippen molar-refractivity contribution in [2.45, 2.75) is 45.4 Å². The van der Waals surface area contributed by atoms with Gasteiger partial charge in [-0.3, -0.25) is 4.79 Å². The summed E-state index contributed by atoms with van der Waals surface area (Å²) in [6, 6.07) is 15.9. The third kappa shape index (κ3) is 4.87. The van der Waals surface area contributed by atoms with E-state index in [-0.39, 0.29) is 5.78 Å². The van der Waals surface area contributed by atoms with E-state index in [1.165, 1.54) is 44.2 Å². The fourth-order valence-corrected chi connectivity index (χ4v) is 3.49. The summed E-state index contributed by atoms with van der Waals surface area (Å²) in [6.07, 6.45) is 7.51. The standard InChI is InChI=1S/C23H30N2O/c1-2-3-5-16-24-21-12-8-19(9-13-21)23(26)20-10-14-22(15-11-20)25-17-6-4-7-18-25/h8-15,24H,2-7,16-18H2,1H3. The van der Waals surface area contributed by atoms with E-state index in [9.17, 15) is 4.79 Å². The zero-order valence-electron chi connectivity index (χ0n) is 15.8. The summed E-state index contributed by atoms with van der Waals surface area (Å²) in [7, 11) is 0. The molecule has 1 heterocycles. The smallest absolute Gasteiger partial charge is 0.193 e. The highest BCUT2D eigenvalue weighted by atomic mass is 16.1. The maximum Gasteiger partial charge on any atom is 0.193 e. The summed E-state index contributed by atoms with van der Waals surface area (Å²) < 4.78 is 0. The van der Waals surface area contributed by atoms with E-state index in [1.807, 2.05) is 36.4 Å². The Morgan fingerprint density at radius 3 is 2.12 bits per heavy atom. The van der Waals surface area contributed by atoms with E-state index in [4.69, 9.17) is 0 Å². The molecule has 3 heteroatoms. The first-order chi connectivity index (χ1) is 12.8. The number of ketones is 1. The Bertz CT molecular complexity index is 685. The van der Waals surface area contributed by atoms with Crippen LogP contribution < -0.4 is 10.2 Å².